The molecule has 0 spiro atoms. The van der Waals surface area contributed by atoms with Crippen LogP contribution >= 0.6 is 11.6 Å². The van der Waals surface area contributed by atoms with Gasteiger partial charge in [0.25, 0.3) is 5.91 Å². The zero-order valence-electron chi connectivity index (χ0n) is 12.6. The molecule has 24 heavy (non-hydrogen) atoms. The highest BCUT2D eigenvalue weighted by Gasteiger charge is 2.28. The van der Waals surface area contributed by atoms with Crippen molar-refractivity contribution >= 4 is 38.9 Å². The molecule has 2 N–H and O–H groups in total. The van der Waals surface area contributed by atoms with Crippen LogP contribution in [0.2, 0.25) is 5.02 Å². The van der Waals surface area contributed by atoms with Gasteiger partial charge in [-0.15, -0.1) is 10.2 Å². The molecular weight excluding hydrogens is 352 g/mol. The Morgan fingerprint density at radius 3 is 2.67 bits per heavy atom. The fraction of sp³-hybridized carbons (Fsp3) is 0.267. The van der Waals surface area contributed by atoms with Crippen LogP contribution in [0.25, 0.3) is 0 Å². The lowest BCUT2D eigenvalue weighted by Crippen LogP contribution is -2.22. The van der Waals surface area contributed by atoms with Gasteiger partial charge < -0.3 is 10.6 Å². The van der Waals surface area contributed by atoms with E-state index >= 15 is 0 Å². The molecule has 1 aliphatic rings. The van der Waals surface area contributed by atoms with Crippen molar-refractivity contribution in [1.82, 2.24) is 10.2 Å². The monoisotopic (exact) mass is 366 g/mol. The van der Waals surface area contributed by atoms with Crippen molar-refractivity contribution in [2.75, 3.05) is 22.1 Å². The van der Waals surface area contributed by atoms with Gasteiger partial charge in [-0.3, -0.25) is 4.79 Å². The number of carbonyl (C=O) groups excluding carboxylic acids is 1. The number of hydrogen-bond acceptors (Lipinski definition) is 6. The molecule has 3 rings (SSSR count). The number of sulfone groups is 1. The average Bonchev–Trinajstić information content (AvgIpc) is 2.87. The van der Waals surface area contributed by atoms with Gasteiger partial charge in [-0.1, -0.05) is 17.7 Å². The van der Waals surface area contributed by atoms with E-state index in [1.54, 1.807) is 30.3 Å². The van der Waals surface area contributed by atoms with Crippen molar-refractivity contribution in [2.24, 2.45) is 0 Å². The lowest BCUT2D eigenvalue weighted by atomic mass is 10.2. The van der Waals surface area contributed by atoms with Crippen molar-refractivity contribution in [3.05, 3.63) is 47.1 Å². The number of halogens is 1. The number of aromatic nitrogens is 2. The minimum absolute atomic E-state index is 0.0890. The third kappa shape index (κ3) is 4.21. The first-order valence-electron chi connectivity index (χ1n) is 7.29. The third-order valence-electron chi connectivity index (χ3n) is 3.56. The Kier molecular flexibility index (Phi) is 4.68. The van der Waals surface area contributed by atoms with Gasteiger partial charge in [0.2, 0.25) is 0 Å². The lowest BCUT2D eigenvalue weighted by molar-refractivity contribution is 0.102. The number of benzene rings is 1. The maximum atomic E-state index is 12.1. The van der Waals surface area contributed by atoms with Crippen molar-refractivity contribution in [3.63, 3.8) is 0 Å². The molecular formula is C15H15ClN4O3S. The van der Waals surface area contributed by atoms with Crippen LogP contribution in [-0.4, -0.2) is 42.1 Å². The van der Waals surface area contributed by atoms with Crippen molar-refractivity contribution in [3.8, 4) is 0 Å². The number of amides is 1. The number of anilines is 2. The summed E-state index contributed by atoms with van der Waals surface area (Å²) in [5, 5.41) is 14.0. The van der Waals surface area contributed by atoms with Crippen LogP contribution in [0.5, 0.6) is 0 Å². The Morgan fingerprint density at radius 2 is 2.04 bits per heavy atom. The predicted octanol–water partition coefficient (Wildman–Crippen LogP) is 1.98. The Balaban J connectivity index is 1.62. The van der Waals surface area contributed by atoms with Crippen molar-refractivity contribution < 1.29 is 13.2 Å². The van der Waals surface area contributed by atoms with Crippen LogP contribution in [0.4, 0.5) is 11.5 Å². The lowest BCUT2D eigenvalue weighted by Gasteiger charge is -2.11. The van der Waals surface area contributed by atoms with Crippen LogP contribution in [0.1, 0.15) is 16.9 Å². The standard InChI is InChI=1S/C15H15ClN4O3S/c16-10-2-1-3-11(8-10)18-15(21)13-4-5-14(20-19-13)17-12-6-7-24(22,23)9-12/h1-5,8,12H,6-7,9H2,(H,17,20)(H,18,21). The quantitative estimate of drug-likeness (QED) is 0.858. The predicted molar refractivity (Wildman–Crippen MR) is 92.1 cm³/mol. The Morgan fingerprint density at radius 1 is 1.21 bits per heavy atom. The largest absolute Gasteiger partial charge is 0.365 e. The molecule has 2 heterocycles. The topological polar surface area (TPSA) is 101 Å². The molecule has 2 aromatic rings. The number of carbonyl (C=O) groups is 1. The number of rotatable bonds is 4. The molecule has 0 bridgehead atoms. The van der Waals surface area contributed by atoms with E-state index in [1.165, 1.54) is 6.07 Å². The summed E-state index contributed by atoms with van der Waals surface area (Å²) in [6.45, 7) is 0. The highest BCUT2D eigenvalue weighted by Crippen LogP contribution is 2.17. The summed E-state index contributed by atoms with van der Waals surface area (Å²) < 4.78 is 22.9. The highest BCUT2D eigenvalue weighted by molar-refractivity contribution is 7.91. The van der Waals surface area contributed by atoms with Gasteiger partial charge in [-0.2, -0.15) is 0 Å². The van der Waals surface area contributed by atoms with Gasteiger partial charge in [0.1, 0.15) is 5.82 Å². The first kappa shape index (κ1) is 16.7. The van der Waals surface area contributed by atoms with Gasteiger partial charge in [-0.25, -0.2) is 8.42 Å². The summed E-state index contributed by atoms with van der Waals surface area (Å²) in [5.74, 6) is 0.306. The Hall–Kier alpha value is -2.19. The zero-order chi connectivity index (χ0) is 17.2. The summed E-state index contributed by atoms with van der Waals surface area (Å²) in [7, 11) is -2.96. The molecule has 1 saturated heterocycles. The number of hydrogen-bond donors (Lipinski definition) is 2. The molecule has 9 heteroatoms. The third-order valence-corrected chi connectivity index (χ3v) is 5.57. The summed E-state index contributed by atoms with van der Waals surface area (Å²) >= 11 is 5.87. The number of nitrogens with zero attached hydrogens (tertiary/aromatic N) is 2. The molecule has 1 fully saturated rings. The van der Waals surface area contributed by atoms with Crippen molar-refractivity contribution in [1.29, 1.82) is 0 Å². The van der Waals surface area contributed by atoms with Crippen LogP contribution < -0.4 is 10.6 Å². The fourth-order valence-corrected chi connectivity index (χ4v) is 4.27. The Labute approximate surface area is 144 Å². The maximum Gasteiger partial charge on any atom is 0.276 e. The summed E-state index contributed by atoms with van der Waals surface area (Å²) in [6, 6.07) is 9.74. The molecule has 1 aromatic heterocycles. The van der Waals surface area contributed by atoms with Gasteiger partial charge in [0.15, 0.2) is 15.5 Å². The minimum Gasteiger partial charge on any atom is -0.365 e. The van der Waals surface area contributed by atoms with Gasteiger partial charge >= 0.3 is 0 Å². The molecule has 1 unspecified atom stereocenters. The maximum absolute atomic E-state index is 12.1. The molecule has 1 amide bonds. The Bertz CT molecular complexity index is 855. The van der Waals surface area contributed by atoms with E-state index in [1.807, 2.05) is 0 Å². The van der Waals surface area contributed by atoms with E-state index in [4.69, 9.17) is 11.6 Å². The van der Waals surface area contributed by atoms with Gasteiger partial charge in [0.05, 0.1) is 11.5 Å². The molecule has 126 valence electrons. The first-order valence-corrected chi connectivity index (χ1v) is 9.49. The van der Waals surface area contributed by atoms with Crippen molar-refractivity contribution in [2.45, 2.75) is 12.5 Å². The second-order valence-electron chi connectivity index (χ2n) is 5.51. The fourth-order valence-electron chi connectivity index (χ4n) is 2.41. The zero-order valence-corrected chi connectivity index (χ0v) is 14.1. The molecule has 7 nitrogen and oxygen atoms in total. The average molecular weight is 367 g/mol. The second kappa shape index (κ2) is 6.74. The molecule has 1 aromatic carbocycles. The summed E-state index contributed by atoms with van der Waals surface area (Å²) in [6.07, 6.45) is 0.543. The summed E-state index contributed by atoms with van der Waals surface area (Å²) in [4.78, 5) is 12.1. The molecule has 0 saturated carbocycles. The van der Waals surface area contributed by atoms with E-state index in [0.29, 0.717) is 22.9 Å². The smallest absolute Gasteiger partial charge is 0.276 e. The second-order valence-corrected chi connectivity index (χ2v) is 8.18. The van der Waals surface area contributed by atoms with Crippen LogP contribution in [0.15, 0.2) is 36.4 Å². The van der Waals surface area contributed by atoms with E-state index in [2.05, 4.69) is 20.8 Å². The van der Waals surface area contributed by atoms with Crippen LogP contribution in [0, 0.1) is 0 Å². The van der Waals surface area contributed by atoms with E-state index in [-0.39, 0.29) is 23.2 Å². The normalized spacial score (nSPS) is 19.0. The molecule has 0 aliphatic carbocycles. The van der Waals surface area contributed by atoms with Crippen LogP contribution in [-0.2, 0) is 9.84 Å². The van der Waals surface area contributed by atoms with E-state index < -0.39 is 15.7 Å². The minimum atomic E-state index is -2.96. The van der Waals surface area contributed by atoms with E-state index in [9.17, 15) is 13.2 Å². The van der Waals surface area contributed by atoms with E-state index in [0.717, 1.165) is 0 Å². The molecule has 1 atom stereocenters. The first-order chi connectivity index (χ1) is 11.4. The van der Waals surface area contributed by atoms with Crippen LogP contribution in [0.3, 0.4) is 0 Å². The molecule has 1 aliphatic heterocycles. The number of nitrogens with one attached hydrogen (secondary N) is 2. The highest BCUT2D eigenvalue weighted by atomic mass is 35.5. The summed E-state index contributed by atoms with van der Waals surface area (Å²) in [5.41, 5.74) is 0.715. The van der Waals surface area contributed by atoms with Gasteiger partial charge in [-0.05, 0) is 36.8 Å². The van der Waals surface area contributed by atoms with Gasteiger partial charge in [0, 0.05) is 16.8 Å². The molecule has 0 radical (unpaired) electrons. The SMILES string of the molecule is O=C(Nc1cccc(Cl)c1)c1ccc(NC2CCS(=O)(=O)C2)nn1.